The zero-order chi connectivity index (χ0) is 12.8. The topological polar surface area (TPSA) is 52.3 Å². The predicted octanol–water partition coefficient (Wildman–Crippen LogP) is 3.52. The fourth-order valence-electron chi connectivity index (χ4n) is 1.55. The van der Waals surface area contributed by atoms with Crippen LogP contribution in [0.5, 0.6) is 0 Å². The molecule has 0 heterocycles. The summed E-state index contributed by atoms with van der Waals surface area (Å²) >= 11 is 5.93. The fourth-order valence-corrected chi connectivity index (χ4v) is 1.81. The van der Waals surface area contributed by atoms with Crippen molar-refractivity contribution >= 4 is 23.3 Å². The molecule has 0 radical (unpaired) electrons. The van der Waals surface area contributed by atoms with Crippen LogP contribution in [0.3, 0.4) is 0 Å². The van der Waals surface area contributed by atoms with Crippen LogP contribution in [0.15, 0.2) is 18.2 Å². The van der Waals surface area contributed by atoms with E-state index in [9.17, 15) is 4.79 Å². The molecule has 1 aromatic carbocycles. The first kappa shape index (κ1) is 13.8. The van der Waals surface area contributed by atoms with Gasteiger partial charge < -0.3 is 10.5 Å². The summed E-state index contributed by atoms with van der Waals surface area (Å²) in [5.74, 6) is -0.0531. The van der Waals surface area contributed by atoms with Gasteiger partial charge in [-0.3, -0.25) is 0 Å². The van der Waals surface area contributed by atoms with Gasteiger partial charge in [-0.1, -0.05) is 44.4 Å². The average molecular weight is 256 g/mol. The summed E-state index contributed by atoms with van der Waals surface area (Å²) in [6, 6.07) is 4.97. The lowest BCUT2D eigenvalue weighted by Gasteiger charge is -2.13. The normalized spacial score (nSPS) is 10.6. The van der Waals surface area contributed by atoms with Gasteiger partial charge in [-0.05, 0) is 18.1 Å². The first-order chi connectivity index (χ1) is 8.10. The van der Waals surface area contributed by atoms with Gasteiger partial charge in [0, 0.05) is 5.69 Å². The van der Waals surface area contributed by atoms with Crippen LogP contribution in [0.4, 0.5) is 5.69 Å². The van der Waals surface area contributed by atoms with Crippen molar-refractivity contribution in [1.29, 1.82) is 0 Å². The lowest BCUT2D eigenvalue weighted by Crippen LogP contribution is -2.15. The molecule has 17 heavy (non-hydrogen) atoms. The number of hydrogen-bond acceptors (Lipinski definition) is 3. The molecule has 0 aliphatic carbocycles. The molecular formula is C13H18ClNO2. The minimum Gasteiger partial charge on any atom is -0.462 e. The summed E-state index contributed by atoms with van der Waals surface area (Å²) in [4.78, 5) is 11.8. The van der Waals surface area contributed by atoms with E-state index >= 15 is 0 Å². The lowest BCUT2D eigenvalue weighted by molar-refractivity contribution is 0.0434. The van der Waals surface area contributed by atoms with Gasteiger partial charge >= 0.3 is 5.97 Å². The van der Waals surface area contributed by atoms with Gasteiger partial charge in [-0.2, -0.15) is 0 Å². The number of carbonyl (C=O) groups excluding carboxylic acids is 1. The van der Waals surface area contributed by atoms with Crippen LogP contribution >= 0.6 is 11.6 Å². The third kappa shape index (κ3) is 3.63. The molecule has 0 amide bonds. The first-order valence-corrected chi connectivity index (χ1v) is 6.19. The second-order valence-electron chi connectivity index (χ2n) is 3.99. The number of anilines is 1. The van der Waals surface area contributed by atoms with E-state index in [-0.39, 0.29) is 5.56 Å². The summed E-state index contributed by atoms with van der Waals surface area (Å²) < 4.78 is 5.23. The van der Waals surface area contributed by atoms with E-state index in [0.29, 0.717) is 23.2 Å². The zero-order valence-corrected chi connectivity index (χ0v) is 11.0. The van der Waals surface area contributed by atoms with Gasteiger partial charge in [-0.15, -0.1) is 0 Å². The Kier molecular flexibility index (Phi) is 5.29. The Morgan fingerprint density at radius 1 is 1.41 bits per heavy atom. The molecule has 0 bridgehead atoms. The molecule has 1 aromatic rings. The number of esters is 1. The summed E-state index contributed by atoms with van der Waals surface area (Å²) in [5, 5.41) is 0.333. The van der Waals surface area contributed by atoms with Crippen LogP contribution in [0, 0.1) is 5.92 Å². The van der Waals surface area contributed by atoms with Gasteiger partial charge in [-0.25, -0.2) is 4.79 Å². The molecule has 4 heteroatoms. The molecule has 0 saturated heterocycles. The van der Waals surface area contributed by atoms with E-state index in [1.807, 2.05) is 0 Å². The maximum absolute atomic E-state index is 11.8. The second kappa shape index (κ2) is 6.50. The van der Waals surface area contributed by atoms with Crippen molar-refractivity contribution in [2.75, 3.05) is 12.3 Å². The third-order valence-electron chi connectivity index (χ3n) is 2.85. The highest BCUT2D eigenvalue weighted by Gasteiger charge is 2.16. The molecule has 0 atom stereocenters. The van der Waals surface area contributed by atoms with E-state index in [4.69, 9.17) is 22.1 Å². The number of ether oxygens (including phenoxy) is 1. The lowest BCUT2D eigenvalue weighted by atomic mass is 10.1. The van der Waals surface area contributed by atoms with E-state index in [1.54, 1.807) is 18.2 Å². The predicted molar refractivity (Wildman–Crippen MR) is 70.2 cm³/mol. The van der Waals surface area contributed by atoms with E-state index in [1.165, 1.54) is 0 Å². The van der Waals surface area contributed by atoms with Crippen molar-refractivity contribution in [2.45, 2.75) is 26.7 Å². The molecule has 0 aliphatic rings. The van der Waals surface area contributed by atoms with Crippen molar-refractivity contribution in [3.63, 3.8) is 0 Å². The average Bonchev–Trinajstić information content (AvgIpc) is 2.30. The Bertz CT molecular complexity index is 369. The van der Waals surface area contributed by atoms with Gasteiger partial charge in [0.15, 0.2) is 0 Å². The second-order valence-corrected chi connectivity index (χ2v) is 4.39. The van der Waals surface area contributed by atoms with Crippen molar-refractivity contribution in [1.82, 2.24) is 0 Å². The van der Waals surface area contributed by atoms with Crippen LogP contribution in [0.1, 0.15) is 37.0 Å². The third-order valence-corrected chi connectivity index (χ3v) is 3.17. The SMILES string of the molecule is CCC(CC)COC(=O)c1c(N)cccc1Cl. The monoisotopic (exact) mass is 255 g/mol. The van der Waals surface area contributed by atoms with E-state index < -0.39 is 5.97 Å². The molecule has 94 valence electrons. The van der Waals surface area contributed by atoms with Crippen LogP contribution in [-0.4, -0.2) is 12.6 Å². The Balaban J connectivity index is 2.70. The van der Waals surface area contributed by atoms with Crippen LogP contribution < -0.4 is 5.73 Å². The quantitative estimate of drug-likeness (QED) is 0.647. The Hall–Kier alpha value is -1.22. The van der Waals surface area contributed by atoms with Crippen molar-refractivity contribution < 1.29 is 9.53 Å². The summed E-state index contributed by atoms with van der Waals surface area (Å²) in [5.41, 5.74) is 6.33. The molecule has 0 fully saturated rings. The van der Waals surface area contributed by atoms with Crippen LogP contribution in [-0.2, 0) is 4.74 Å². The Morgan fingerprint density at radius 2 is 2.06 bits per heavy atom. The fraction of sp³-hybridized carbons (Fsp3) is 0.462. The van der Waals surface area contributed by atoms with Crippen molar-refractivity contribution in [2.24, 2.45) is 5.92 Å². The number of rotatable bonds is 5. The smallest absolute Gasteiger partial charge is 0.341 e. The standard InChI is InChI=1S/C13H18ClNO2/c1-3-9(4-2)8-17-13(16)12-10(14)6-5-7-11(12)15/h5-7,9H,3-4,8,15H2,1-2H3. The highest BCUT2D eigenvalue weighted by Crippen LogP contribution is 2.23. The number of nitrogen functional groups attached to an aromatic ring is 1. The molecule has 0 unspecified atom stereocenters. The number of nitrogens with two attached hydrogens (primary N) is 1. The number of benzene rings is 1. The highest BCUT2D eigenvalue weighted by atomic mass is 35.5. The molecule has 0 aliphatic heterocycles. The Labute approximate surface area is 107 Å². The van der Waals surface area contributed by atoms with Crippen molar-refractivity contribution in [3.05, 3.63) is 28.8 Å². The maximum Gasteiger partial charge on any atom is 0.341 e. The summed E-state index contributed by atoms with van der Waals surface area (Å²) in [6.07, 6.45) is 1.98. The minimum absolute atomic E-state index is 0.264. The molecule has 3 nitrogen and oxygen atoms in total. The van der Waals surface area contributed by atoms with Gasteiger partial charge in [0.05, 0.1) is 11.6 Å². The number of carbonyl (C=O) groups is 1. The minimum atomic E-state index is -0.444. The first-order valence-electron chi connectivity index (χ1n) is 5.81. The molecular weight excluding hydrogens is 238 g/mol. The molecule has 2 N–H and O–H groups in total. The van der Waals surface area contributed by atoms with E-state index in [0.717, 1.165) is 12.8 Å². The zero-order valence-electron chi connectivity index (χ0n) is 10.2. The highest BCUT2D eigenvalue weighted by molar-refractivity contribution is 6.34. The van der Waals surface area contributed by atoms with E-state index in [2.05, 4.69) is 13.8 Å². The Morgan fingerprint density at radius 3 is 2.59 bits per heavy atom. The molecule has 0 spiro atoms. The molecule has 1 rings (SSSR count). The van der Waals surface area contributed by atoms with Gasteiger partial charge in [0.2, 0.25) is 0 Å². The number of halogens is 1. The molecule has 0 saturated carbocycles. The van der Waals surface area contributed by atoms with Crippen LogP contribution in [0.25, 0.3) is 0 Å². The van der Waals surface area contributed by atoms with Crippen molar-refractivity contribution in [3.8, 4) is 0 Å². The van der Waals surface area contributed by atoms with Gasteiger partial charge in [0.25, 0.3) is 0 Å². The summed E-state index contributed by atoms with van der Waals surface area (Å²) in [7, 11) is 0. The van der Waals surface area contributed by atoms with Gasteiger partial charge in [0.1, 0.15) is 5.56 Å². The molecule has 0 aromatic heterocycles. The van der Waals surface area contributed by atoms with Crippen LogP contribution in [0.2, 0.25) is 5.02 Å². The largest absolute Gasteiger partial charge is 0.462 e. The maximum atomic E-state index is 11.8. The number of hydrogen-bond donors (Lipinski definition) is 1. The summed E-state index contributed by atoms with van der Waals surface area (Å²) in [6.45, 7) is 4.56.